The number of aliphatic imine (C=N–C) groups is 1. The van der Waals surface area contributed by atoms with Crippen molar-refractivity contribution < 1.29 is 15.0 Å². The maximum Gasteiger partial charge on any atom is 0.162 e. The zero-order chi connectivity index (χ0) is 16.8. The minimum Gasteiger partial charge on any atom is -0.508 e. The summed E-state index contributed by atoms with van der Waals surface area (Å²) in [6.07, 6.45) is 2.51. The van der Waals surface area contributed by atoms with Gasteiger partial charge in [-0.1, -0.05) is 20.3 Å². The van der Waals surface area contributed by atoms with Gasteiger partial charge in [0.25, 0.3) is 0 Å². The SMILES string of the molecule is CCC(C)C(O)c1cc(N=CNc2ccc(O)cc2)c(C=O)s1. The normalized spacial score (nSPS) is 13.9. The monoisotopic (exact) mass is 332 g/mol. The van der Waals surface area contributed by atoms with E-state index < -0.39 is 6.10 Å². The lowest BCUT2D eigenvalue weighted by Gasteiger charge is -2.14. The van der Waals surface area contributed by atoms with E-state index in [1.54, 1.807) is 30.3 Å². The highest BCUT2D eigenvalue weighted by Gasteiger charge is 2.19. The maximum absolute atomic E-state index is 11.2. The summed E-state index contributed by atoms with van der Waals surface area (Å²) in [6, 6.07) is 8.32. The number of hydrogen-bond acceptors (Lipinski definition) is 5. The summed E-state index contributed by atoms with van der Waals surface area (Å²) >= 11 is 1.27. The average Bonchev–Trinajstić information content (AvgIpc) is 2.98. The highest BCUT2D eigenvalue weighted by atomic mass is 32.1. The number of nitrogens with zero attached hydrogens (tertiary/aromatic N) is 1. The molecule has 0 aliphatic rings. The van der Waals surface area contributed by atoms with E-state index in [1.165, 1.54) is 17.7 Å². The van der Waals surface area contributed by atoms with Gasteiger partial charge in [0.05, 0.1) is 23.0 Å². The molecule has 2 rings (SSSR count). The minimum atomic E-state index is -0.585. The molecule has 0 spiro atoms. The van der Waals surface area contributed by atoms with Gasteiger partial charge >= 0.3 is 0 Å². The molecule has 2 aromatic rings. The fraction of sp³-hybridized carbons (Fsp3) is 0.294. The summed E-state index contributed by atoms with van der Waals surface area (Å²) in [5.41, 5.74) is 1.31. The smallest absolute Gasteiger partial charge is 0.162 e. The molecule has 3 N–H and O–H groups in total. The van der Waals surface area contributed by atoms with Crippen LogP contribution in [0.3, 0.4) is 0 Å². The molecule has 0 bridgehead atoms. The number of carbonyl (C=O) groups is 1. The first-order chi connectivity index (χ1) is 11.0. The van der Waals surface area contributed by atoms with Crippen molar-refractivity contribution in [3.8, 4) is 5.75 Å². The molecule has 1 heterocycles. The fourth-order valence-corrected chi connectivity index (χ4v) is 3.03. The topological polar surface area (TPSA) is 81.9 Å². The standard InChI is InChI=1S/C17H20N2O3S/c1-3-11(2)17(22)15-8-14(16(9-20)23-15)19-10-18-12-4-6-13(21)7-5-12/h4-11,17,21-22H,3H2,1-2H3,(H,18,19). The van der Waals surface area contributed by atoms with Crippen LogP contribution in [-0.4, -0.2) is 22.8 Å². The van der Waals surface area contributed by atoms with Gasteiger partial charge in [-0.3, -0.25) is 4.79 Å². The van der Waals surface area contributed by atoms with Gasteiger partial charge in [0.2, 0.25) is 0 Å². The first-order valence-corrected chi connectivity index (χ1v) is 8.21. The van der Waals surface area contributed by atoms with Crippen molar-refractivity contribution in [3.63, 3.8) is 0 Å². The number of rotatable bonds is 7. The molecule has 0 radical (unpaired) electrons. The Morgan fingerprint density at radius 1 is 1.35 bits per heavy atom. The second-order valence-corrected chi connectivity index (χ2v) is 6.41. The zero-order valence-corrected chi connectivity index (χ0v) is 13.9. The molecular formula is C17H20N2O3S. The van der Waals surface area contributed by atoms with Crippen LogP contribution in [0.4, 0.5) is 11.4 Å². The van der Waals surface area contributed by atoms with E-state index in [0.29, 0.717) is 10.6 Å². The number of hydrogen-bond donors (Lipinski definition) is 3. The van der Waals surface area contributed by atoms with Crippen LogP contribution in [0.5, 0.6) is 5.75 Å². The number of anilines is 1. The van der Waals surface area contributed by atoms with Gasteiger partial charge < -0.3 is 15.5 Å². The third-order valence-electron chi connectivity index (χ3n) is 3.64. The number of aromatic hydroxyl groups is 1. The van der Waals surface area contributed by atoms with Crippen LogP contribution in [0.25, 0.3) is 0 Å². The Kier molecular flexibility index (Phi) is 5.90. The molecule has 6 heteroatoms. The summed E-state index contributed by atoms with van der Waals surface area (Å²) in [7, 11) is 0. The van der Waals surface area contributed by atoms with E-state index in [2.05, 4.69) is 10.3 Å². The van der Waals surface area contributed by atoms with Gasteiger partial charge in [0.1, 0.15) is 5.75 Å². The molecule has 1 aromatic carbocycles. The van der Waals surface area contributed by atoms with Crippen molar-refractivity contribution in [3.05, 3.63) is 40.1 Å². The Morgan fingerprint density at radius 2 is 2.04 bits per heavy atom. The summed E-state index contributed by atoms with van der Waals surface area (Å²) in [4.78, 5) is 16.7. The lowest BCUT2D eigenvalue weighted by Crippen LogP contribution is -2.05. The van der Waals surface area contributed by atoms with Gasteiger partial charge in [-0.2, -0.15) is 0 Å². The molecule has 0 saturated heterocycles. The first kappa shape index (κ1) is 17.2. The van der Waals surface area contributed by atoms with Crippen LogP contribution < -0.4 is 5.32 Å². The summed E-state index contributed by atoms with van der Waals surface area (Å²) in [5, 5.41) is 22.4. The number of thiophene rings is 1. The number of benzene rings is 1. The number of aldehydes is 1. The molecule has 5 nitrogen and oxygen atoms in total. The number of nitrogens with one attached hydrogen (secondary N) is 1. The molecule has 0 aliphatic carbocycles. The predicted molar refractivity (Wildman–Crippen MR) is 94.0 cm³/mol. The van der Waals surface area contributed by atoms with Gasteiger partial charge in [-0.15, -0.1) is 11.3 Å². The maximum atomic E-state index is 11.2. The Morgan fingerprint density at radius 3 is 2.65 bits per heavy atom. The number of phenolic OH excluding ortho intramolecular Hbond substituents is 1. The molecule has 1 aromatic heterocycles. The van der Waals surface area contributed by atoms with Crippen LogP contribution in [0, 0.1) is 5.92 Å². The molecule has 2 atom stereocenters. The Bertz CT molecular complexity index is 680. The third kappa shape index (κ3) is 4.40. The fourth-order valence-electron chi connectivity index (χ4n) is 1.98. The third-order valence-corrected chi connectivity index (χ3v) is 4.76. The Hall–Kier alpha value is -2.18. The van der Waals surface area contributed by atoms with E-state index in [4.69, 9.17) is 0 Å². The van der Waals surface area contributed by atoms with E-state index >= 15 is 0 Å². The minimum absolute atomic E-state index is 0.125. The second kappa shape index (κ2) is 7.89. The van der Waals surface area contributed by atoms with Crippen LogP contribution in [0.15, 0.2) is 35.3 Å². The second-order valence-electron chi connectivity index (χ2n) is 5.30. The van der Waals surface area contributed by atoms with Crippen molar-refractivity contribution >= 4 is 35.3 Å². The van der Waals surface area contributed by atoms with Gasteiger partial charge in [0.15, 0.2) is 6.29 Å². The van der Waals surface area contributed by atoms with Crippen molar-refractivity contribution in [2.45, 2.75) is 26.4 Å². The molecule has 0 aliphatic heterocycles. The van der Waals surface area contributed by atoms with Crippen LogP contribution >= 0.6 is 11.3 Å². The molecule has 0 fully saturated rings. The zero-order valence-electron chi connectivity index (χ0n) is 13.1. The highest BCUT2D eigenvalue weighted by molar-refractivity contribution is 7.14. The summed E-state index contributed by atoms with van der Waals surface area (Å²) in [6.45, 7) is 3.99. The van der Waals surface area contributed by atoms with Crippen molar-refractivity contribution in [2.24, 2.45) is 10.9 Å². The van der Waals surface area contributed by atoms with Crippen molar-refractivity contribution in [2.75, 3.05) is 5.32 Å². The van der Waals surface area contributed by atoms with Gasteiger partial charge in [-0.25, -0.2) is 4.99 Å². The van der Waals surface area contributed by atoms with Gasteiger partial charge in [-0.05, 0) is 36.2 Å². The van der Waals surface area contributed by atoms with E-state index in [0.717, 1.165) is 23.3 Å². The Labute approximate surface area is 139 Å². The quantitative estimate of drug-likeness (QED) is 0.308. The highest BCUT2D eigenvalue weighted by Crippen LogP contribution is 2.35. The molecule has 0 saturated carbocycles. The number of phenols is 1. The van der Waals surface area contributed by atoms with Crippen molar-refractivity contribution in [1.82, 2.24) is 0 Å². The summed E-state index contributed by atoms with van der Waals surface area (Å²) in [5.74, 6) is 0.317. The van der Waals surface area contributed by atoms with E-state index in [1.807, 2.05) is 13.8 Å². The average molecular weight is 332 g/mol. The number of carbonyl (C=O) groups excluding carboxylic acids is 1. The molecule has 2 unspecified atom stereocenters. The van der Waals surface area contributed by atoms with Crippen LogP contribution in [-0.2, 0) is 0 Å². The summed E-state index contributed by atoms with van der Waals surface area (Å²) < 4.78 is 0. The van der Waals surface area contributed by atoms with Gasteiger partial charge in [0, 0.05) is 10.6 Å². The van der Waals surface area contributed by atoms with Crippen LogP contribution in [0.2, 0.25) is 0 Å². The lowest BCUT2D eigenvalue weighted by atomic mass is 10.0. The van der Waals surface area contributed by atoms with Crippen molar-refractivity contribution in [1.29, 1.82) is 0 Å². The molecule has 0 amide bonds. The predicted octanol–water partition coefficient (Wildman–Crippen LogP) is 4.12. The number of aliphatic hydroxyl groups is 1. The largest absolute Gasteiger partial charge is 0.508 e. The molecular weight excluding hydrogens is 312 g/mol. The number of aliphatic hydroxyl groups excluding tert-OH is 1. The van der Waals surface area contributed by atoms with E-state index in [-0.39, 0.29) is 11.7 Å². The molecule has 122 valence electrons. The lowest BCUT2D eigenvalue weighted by molar-refractivity contribution is 0.112. The van der Waals surface area contributed by atoms with Crippen LogP contribution in [0.1, 0.15) is 40.9 Å². The first-order valence-electron chi connectivity index (χ1n) is 7.40. The Balaban J connectivity index is 2.12. The van der Waals surface area contributed by atoms with E-state index in [9.17, 15) is 15.0 Å². The molecule has 23 heavy (non-hydrogen) atoms.